The van der Waals surface area contributed by atoms with E-state index in [1.807, 2.05) is 30.3 Å². The monoisotopic (exact) mass is 522 g/mol. The number of rotatable bonds is 12. The normalized spacial score (nSPS) is 11.5. The van der Waals surface area contributed by atoms with Crippen molar-refractivity contribution in [3.63, 3.8) is 0 Å². The first-order chi connectivity index (χ1) is 17.9. The highest BCUT2D eigenvalue weighted by atomic mass is 32.2. The first-order valence-corrected chi connectivity index (χ1v) is 12.3. The molecule has 2 amide bonds. The number of hydrogen-bond donors (Lipinski definition) is 2. The molecule has 0 radical (unpaired) electrons. The molecule has 0 spiro atoms. The Morgan fingerprint density at radius 2 is 1.78 bits per heavy atom. The molecule has 192 valence electrons. The lowest BCUT2D eigenvalue weighted by atomic mass is 10.2. The number of carbonyl (C=O) groups excluding carboxylic acids is 2. The Balaban J connectivity index is 1.69. The van der Waals surface area contributed by atoms with Gasteiger partial charge in [-0.2, -0.15) is 16.9 Å². The van der Waals surface area contributed by atoms with Gasteiger partial charge in [0.15, 0.2) is 0 Å². The molecule has 37 heavy (non-hydrogen) atoms. The van der Waals surface area contributed by atoms with E-state index in [1.54, 1.807) is 25.3 Å². The predicted octanol–water partition coefficient (Wildman–Crippen LogP) is 3.79. The highest BCUT2D eigenvalue weighted by molar-refractivity contribution is 7.98. The maximum atomic E-state index is 12.9. The summed E-state index contributed by atoms with van der Waals surface area (Å²) in [5.74, 6) is 1.00. The Bertz CT molecular complexity index is 1250. The van der Waals surface area contributed by atoms with Crippen LogP contribution >= 0.6 is 11.8 Å². The van der Waals surface area contributed by atoms with E-state index in [0.29, 0.717) is 22.8 Å². The van der Waals surface area contributed by atoms with E-state index in [4.69, 9.17) is 9.47 Å². The number of nitrogens with zero attached hydrogens (tertiary/aromatic N) is 2. The zero-order chi connectivity index (χ0) is 26.6. The van der Waals surface area contributed by atoms with Gasteiger partial charge in [-0.25, -0.2) is 5.43 Å². The van der Waals surface area contributed by atoms with Crippen LogP contribution in [0.5, 0.6) is 11.5 Å². The van der Waals surface area contributed by atoms with Crippen molar-refractivity contribution in [3.8, 4) is 11.5 Å². The van der Waals surface area contributed by atoms with Crippen molar-refractivity contribution in [2.24, 2.45) is 5.10 Å². The molecule has 0 aliphatic carbocycles. The van der Waals surface area contributed by atoms with Crippen LogP contribution in [0, 0.1) is 10.1 Å². The van der Waals surface area contributed by atoms with E-state index in [9.17, 15) is 19.7 Å². The quantitative estimate of drug-likeness (QED) is 0.210. The Morgan fingerprint density at radius 1 is 1.05 bits per heavy atom. The molecule has 0 bridgehead atoms. The third kappa shape index (κ3) is 8.07. The number of nitro groups is 1. The second-order valence-electron chi connectivity index (χ2n) is 7.67. The van der Waals surface area contributed by atoms with Gasteiger partial charge >= 0.3 is 0 Å². The topological polar surface area (TPSA) is 132 Å². The molecular formula is C26H26N4O6S. The van der Waals surface area contributed by atoms with Gasteiger partial charge < -0.3 is 14.8 Å². The van der Waals surface area contributed by atoms with Gasteiger partial charge in [0.2, 0.25) is 0 Å². The fraction of sp³-hybridized carbons (Fsp3) is 0.192. The molecule has 0 aliphatic rings. The minimum absolute atomic E-state index is 0.132. The molecule has 0 heterocycles. The van der Waals surface area contributed by atoms with Crippen LogP contribution in [0.25, 0.3) is 0 Å². The number of non-ortho nitro benzene ring substituents is 1. The first kappa shape index (κ1) is 27.2. The van der Waals surface area contributed by atoms with Crippen LogP contribution in [0.1, 0.15) is 21.5 Å². The average Bonchev–Trinajstić information content (AvgIpc) is 2.93. The summed E-state index contributed by atoms with van der Waals surface area (Å²) in [7, 11) is 3.06. The van der Waals surface area contributed by atoms with Crippen LogP contribution in [-0.2, 0) is 10.5 Å². The molecule has 0 saturated heterocycles. The number of carbonyl (C=O) groups is 2. The summed E-state index contributed by atoms with van der Waals surface area (Å²) in [6.45, 7) is 0. The third-order valence-corrected chi connectivity index (χ3v) is 6.28. The predicted molar refractivity (Wildman–Crippen MR) is 142 cm³/mol. The van der Waals surface area contributed by atoms with Crippen LogP contribution in [0.4, 0.5) is 5.69 Å². The van der Waals surface area contributed by atoms with Crippen LogP contribution in [0.2, 0.25) is 0 Å². The van der Waals surface area contributed by atoms with Crippen LogP contribution in [-0.4, -0.2) is 49.0 Å². The summed E-state index contributed by atoms with van der Waals surface area (Å²) < 4.78 is 10.5. The lowest BCUT2D eigenvalue weighted by molar-refractivity contribution is -0.384. The number of nitro benzene ring substituents is 1. The standard InChI is InChI=1S/C26H26N4O6S/c1-35-22-13-10-20(24(14-22)36-2)15-27-29-26(32)23(17-37-16-18-6-4-3-5-7-18)28-25(31)19-8-11-21(12-9-19)30(33)34/h3-15,23H,16-17H2,1-2H3,(H,28,31)(H,29,32)/b27-15-/t23-/m1/s1. The van der Waals surface area contributed by atoms with E-state index in [0.717, 1.165) is 5.56 Å². The zero-order valence-electron chi connectivity index (χ0n) is 20.2. The van der Waals surface area contributed by atoms with Crippen molar-refractivity contribution >= 4 is 35.5 Å². The lowest BCUT2D eigenvalue weighted by Crippen LogP contribution is -2.47. The molecule has 3 aromatic rings. The Labute approximate surface area is 218 Å². The summed E-state index contributed by atoms with van der Waals surface area (Å²) in [5, 5.41) is 17.6. The van der Waals surface area contributed by atoms with Gasteiger partial charge in [-0.3, -0.25) is 19.7 Å². The van der Waals surface area contributed by atoms with E-state index in [-0.39, 0.29) is 17.0 Å². The second kappa shape index (κ2) is 13.6. The van der Waals surface area contributed by atoms with Gasteiger partial charge in [0.05, 0.1) is 25.4 Å². The smallest absolute Gasteiger partial charge is 0.269 e. The van der Waals surface area contributed by atoms with Crippen LogP contribution in [0.3, 0.4) is 0 Å². The van der Waals surface area contributed by atoms with Gasteiger partial charge in [-0.15, -0.1) is 0 Å². The molecule has 11 heteroatoms. The highest BCUT2D eigenvalue weighted by Crippen LogP contribution is 2.23. The molecule has 0 aromatic heterocycles. The Kier molecular flexibility index (Phi) is 10.0. The van der Waals surface area contributed by atoms with Crippen LogP contribution in [0.15, 0.2) is 77.9 Å². The van der Waals surface area contributed by atoms with E-state index in [1.165, 1.54) is 49.4 Å². The summed E-state index contributed by atoms with van der Waals surface area (Å²) in [5.41, 5.74) is 4.23. The molecule has 3 aromatic carbocycles. The number of hydrazone groups is 1. The Morgan fingerprint density at radius 3 is 2.43 bits per heavy atom. The molecule has 0 aliphatic heterocycles. The Hall–Kier alpha value is -4.38. The number of methoxy groups -OCH3 is 2. The van der Waals surface area contributed by atoms with Crippen molar-refractivity contribution in [3.05, 3.63) is 99.6 Å². The minimum Gasteiger partial charge on any atom is -0.497 e. The van der Waals surface area contributed by atoms with Crippen molar-refractivity contribution in [2.45, 2.75) is 11.8 Å². The zero-order valence-corrected chi connectivity index (χ0v) is 21.1. The second-order valence-corrected chi connectivity index (χ2v) is 8.70. The number of benzene rings is 3. The average molecular weight is 523 g/mol. The first-order valence-electron chi connectivity index (χ1n) is 11.1. The molecule has 0 unspecified atom stereocenters. The van der Waals surface area contributed by atoms with Gasteiger partial charge in [-0.1, -0.05) is 30.3 Å². The number of ether oxygens (including phenoxy) is 2. The third-order valence-electron chi connectivity index (χ3n) is 5.18. The number of thioether (sulfide) groups is 1. The molecule has 3 rings (SSSR count). The maximum absolute atomic E-state index is 12.9. The van der Waals surface area contributed by atoms with Crippen LogP contribution < -0.4 is 20.2 Å². The van der Waals surface area contributed by atoms with Gasteiger partial charge in [0.25, 0.3) is 17.5 Å². The van der Waals surface area contributed by atoms with E-state index >= 15 is 0 Å². The van der Waals surface area contributed by atoms with Gasteiger partial charge in [0, 0.05) is 40.8 Å². The van der Waals surface area contributed by atoms with Crippen molar-refractivity contribution in [2.75, 3.05) is 20.0 Å². The molecular weight excluding hydrogens is 496 g/mol. The summed E-state index contributed by atoms with van der Waals surface area (Å²) >= 11 is 1.48. The molecule has 0 saturated carbocycles. The molecule has 1 atom stereocenters. The number of amides is 2. The van der Waals surface area contributed by atoms with Crippen molar-refractivity contribution < 1.29 is 24.0 Å². The highest BCUT2D eigenvalue weighted by Gasteiger charge is 2.22. The SMILES string of the molecule is COc1ccc(/C=N\NC(=O)[C@@H](CSCc2ccccc2)NC(=O)c2ccc([N+](=O)[O-])cc2)c(OC)c1. The number of hydrogen-bond acceptors (Lipinski definition) is 8. The largest absolute Gasteiger partial charge is 0.497 e. The summed E-state index contributed by atoms with van der Waals surface area (Å²) in [4.78, 5) is 36.1. The van der Waals surface area contributed by atoms with Gasteiger partial charge in [0.1, 0.15) is 17.5 Å². The molecule has 2 N–H and O–H groups in total. The lowest BCUT2D eigenvalue weighted by Gasteiger charge is -2.17. The summed E-state index contributed by atoms with van der Waals surface area (Å²) in [6, 6.07) is 19.1. The summed E-state index contributed by atoms with van der Waals surface area (Å²) in [6.07, 6.45) is 1.43. The van der Waals surface area contributed by atoms with Gasteiger partial charge in [-0.05, 0) is 29.8 Å². The molecule has 10 nitrogen and oxygen atoms in total. The van der Waals surface area contributed by atoms with Crippen molar-refractivity contribution in [1.29, 1.82) is 0 Å². The maximum Gasteiger partial charge on any atom is 0.269 e. The fourth-order valence-corrected chi connectivity index (χ4v) is 4.21. The molecule has 0 fully saturated rings. The van der Waals surface area contributed by atoms with E-state index in [2.05, 4.69) is 15.8 Å². The minimum atomic E-state index is -0.911. The fourth-order valence-electron chi connectivity index (χ4n) is 3.20. The van der Waals surface area contributed by atoms with Crippen molar-refractivity contribution in [1.82, 2.24) is 10.7 Å². The number of nitrogens with one attached hydrogen (secondary N) is 2. The van der Waals surface area contributed by atoms with E-state index < -0.39 is 22.8 Å².